The van der Waals surface area contributed by atoms with Crippen LogP contribution in [-0.2, 0) is 12.8 Å². The summed E-state index contributed by atoms with van der Waals surface area (Å²) in [6.07, 6.45) is 2.18. The second kappa shape index (κ2) is 15.4. The molecule has 0 bridgehead atoms. The summed E-state index contributed by atoms with van der Waals surface area (Å²) in [7, 11) is 0. The van der Waals surface area contributed by atoms with Gasteiger partial charge in [0.05, 0.1) is 10.8 Å². The molecule has 0 radical (unpaired) electrons. The van der Waals surface area contributed by atoms with Gasteiger partial charge in [0, 0.05) is 23.3 Å². The molecular formula is C29H22Na2O11. The molecule has 0 spiro atoms. The predicted octanol–water partition coefficient (Wildman–Crippen LogP) is -5.09. The minimum Gasteiger partial charge on any atom is -0.542 e. The summed E-state index contributed by atoms with van der Waals surface area (Å²) in [5, 5.41) is 33.3. The zero-order valence-corrected chi connectivity index (χ0v) is 27.0. The number of carboxylic acids is 2. The number of aliphatic hydroxyl groups excluding tert-OH is 1. The smallest absolute Gasteiger partial charge is 0.542 e. The van der Waals surface area contributed by atoms with Crippen LogP contribution >= 0.6 is 0 Å². The van der Waals surface area contributed by atoms with Gasteiger partial charge >= 0.3 is 59.1 Å². The number of allylic oxidation sites excluding steroid dienone is 2. The van der Waals surface area contributed by atoms with Crippen molar-refractivity contribution in [2.24, 2.45) is 0 Å². The molecule has 206 valence electrons. The fourth-order valence-electron chi connectivity index (χ4n) is 4.08. The average molecular weight is 592 g/mol. The quantitative estimate of drug-likeness (QED) is 0.123. The van der Waals surface area contributed by atoms with E-state index < -0.39 is 40.4 Å². The molecule has 0 aliphatic carbocycles. The molecule has 0 aliphatic heterocycles. The van der Waals surface area contributed by atoms with E-state index in [0.29, 0.717) is 11.1 Å². The number of aromatic carboxylic acids is 2. The molecule has 0 saturated heterocycles. The molecule has 2 heterocycles. The molecule has 2 aromatic heterocycles. The maximum atomic E-state index is 12.3. The largest absolute Gasteiger partial charge is 1.00 e. The number of carbonyl (C=O) groups is 2. The van der Waals surface area contributed by atoms with Crippen LogP contribution in [0.25, 0.3) is 21.9 Å². The van der Waals surface area contributed by atoms with Crippen molar-refractivity contribution in [2.45, 2.75) is 18.9 Å². The molecular weight excluding hydrogens is 570 g/mol. The van der Waals surface area contributed by atoms with Gasteiger partial charge in [0.2, 0.25) is 0 Å². The number of benzene rings is 2. The van der Waals surface area contributed by atoms with Gasteiger partial charge in [-0.15, -0.1) is 13.2 Å². The predicted molar refractivity (Wildman–Crippen MR) is 138 cm³/mol. The second-order valence-electron chi connectivity index (χ2n) is 8.62. The summed E-state index contributed by atoms with van der Waals surface area (Å²) in [5.41, 5.74) is -0.446. The van der Waals surface area contributed by atoms with Crippen LogP contribution in [0.5, 0.6) is 11.5 Å². The van der Waals surface area contributed by atoms with Gasteiger partial charge in [-0.25, -0.2) is 0 Å². The van der Waals surface area contributed by atoms with Gasteiger partial charge in [0.15, 0.2) is 22.4 Å². The Labute approximate surface area is 282 Å². The molecule has 11 nitrogen and oxygen atoms in total. The third-order valence-electron chi connectivity index (χ3n) is 5.88. The first kappa shape index (κ1) is 35.0. The fraction of sp³-hybridized carbons (Fsp3) is 0.172. The van der Waals surface area contributed by atoms with Gasteiger partial charge < -0.3 is 43.2 Å². The van der Waals surface area contributed by atoms with Crippen molar-refractivity contribution in [3.05, 3.63) is 105 Å². The van der Waals surface area contributed by atoms with Crippen LogP contribution in [0.3, 0.4) is 0 Å². The maximum Gasteiger partial charge on any atom is 1.00 e. The topological polar surface area (TPSA) is 179 Å². The Morgan fingerprint density at radius 1 is 0.786 bits per heavy atom. The van der Waals surface area contributed by atoms with Gasteiger partial charge in [-0.3, -0.25) is 9.59 Å². The van der Waals surface area contributed by atoms with Gasteiger partial charge in [0.1, 0.15) is 53.9 Å². The molecule has 4 rings (SSSR count). The van der Waals surface area contributed by atoms with Crippen LogP contribution in [0.1, 0.15) is 32.2 Å². The van der Waals surface area contributed by atoms with Crippen LogP contribution < -0.4 is 89.7 Å². The normalized spacial score (nSPS) is 10.5. The number of fused-ring (bicyclic) bond motifs is 2. The molecule has 0 aliphatic rings. The SMILES string of the molecule is C=CCc1c(OCC(O)COc2ccc3c(=O)cc(C(=O)[O-])oc3c2CC=C)ccc2c(=O)cc(C(=O)[O-])oc12.[Na+].[Na+]. The Hall–Kier alpha value is -3.16. The number of carboxylic acid groups (broad SMARTS) is 2. The third-order valence-corrected chi connectivity index (χ3v) is 5.88. The average Bonchev–Trinajstić information content (AvgIpc) is 2.92. The van der Waals surface area contributed by atoms with E-state index in [9.17, 15) is 34.5 Å². The molecule has 0 amide bonds. The number of hydrogen-bond donors (Lipinski definition) is 1. The Kier molecular flexibility index (Phi) is 12.8. The van der Waals surface area contributed by atoms with Crippen molar-refractivity contribution in [1.82, 2.24) is 0 Å². The van der Waals surface area contributed by atoms with Crippen LogP contribution in [0.4, 0.5) is 0 Å². The molecule has 0 unspecified atom stereocenters. The van der Waals surface area contributed by atoms with Crippen molar-refractivity contribution in [1.29, 1.82) is 0 Å². The zero-order chi connectivity index (χ0) is 29.0. The Morgan fingerprint density at radius 2 is 1.17 bits per heavy atom. The second-order valence-corrected chi connectivity index (χ2v) is 8.62. The van der Waals surface area contributed by atoms with Gasteiger partial charge in [-0.05, 0) is 37.1 Å². The van der Waals surface area contributed by atoms with E-state index in [0.717, 1.165) is 12.1 Å². The summed E-state index contributed by atoms with van der Waals surface area (Å²) in [5.74, 6) is -4.13. The number of rotatable bonds is 12. The van der Waals surface area contributed by atoms with E-state index in [1.807, 2.05) is 0 Å². The van der Waals surface area contributed by atoms with Gasteiger partial charge in [-0.2, -0.15) is 0 Å². The Bertz CT molecular complexity index is 1640. The number of hydrogen-bond acceptors (Lipinski definition) is 11. The van der Waals surface area contributed by atoms with Gasteiger partial charge in [-0.1, -0.05) is 12.2 Å². The first-order chi connectivity index (χ1) is 19.1. The number of aliphatic hydroxyl groups is 1. The zero-order valence-electron chi connectivity index (χ0n) is 23.0. The van der Waals surface area contributed by atoms with Crippen molar-refractivity contribution in [2.75, 3.05) is 13.2 Å². The van der Waals surface area contributed by atoms with Crippen LogP contribution in [0.15, 0.2) is 80.1 Å². The molecule has 1 N–H and O–H groups in total. The fourth-order valence-corrected chi connectivity index (χ4v) is 4.08. The van der Waals surface area contributed by atoms with E-state index in [-0.39, 0.29) is 119 Å². The minimum absolute atomic E-state index is 0. The van der Waals surface area contributed by atoms with Crippen molar-refractivity contribution in [3.63, 3.8) is 0 Å². The van der Waals surface area contributed by atoms with E-state index in [2.05, 4.69) is 13.2 Å². The maximum absolute atomic E-state index is 12.3. The summed E-state index contributed by atoms with van der Waals surface area (Å²) in [4.78, 5) is 47.2. The van der Waals surface area contributed by atoms with Crippen LogP contribution in [0.2, 0.25) is 0 Å². The molecule has 0 fully saturated rings. The third kappa shape index (κ3) is 7.61. The molecule has 2 aromatic carbocycles. The van der Waals surface area contributed by atoms with E-state index >= 15 is 0 Å². The van der Waals surface area contributed by atoms with Gasteiger partial charge in [0.25, 0.3) is 0 Å². The summed E-state index contributed by atoms with van der Waals surface area (Å²) >= 11 is 0. The monoisotopic (exact) mass is 592 g/mol. The van der Waals surface area contributed by atoms with Crippen molar-refractivity contribution >= 4 is 33.9 Å². The first-order valence-corrected chi connectivity index (χ1v) is 11.9. The van der Waals surface area contributed by atoms with E-state index in [4.69, 9.17) is 18.3 Å². The number of carbonyl (C=O) groups excluding carboxylic acids is 2. The van der Waals surface area contributed by atoms with Crippen LogP contribution in [0, 0.1) is 0 Å². The summed E-state index contributed by atoms with van der Waals surface area (Å²) in [6, 6.07) is 7.47. The summed E-state index contributed by atoms with van der Waals surface area (Å²) in [6.45, 7) is 6.79. The van der Waals surface area contributed by atoms with Crippen molar-refractivity contribution < 1.29 is 102 Å². The van der Waals surface area contributed by atoms with Crippen LogP contribution in [-0.4, -0.2) is 36.4 Å². The van der Waals surface area contributed by atoms with E-state index in [1.165, 1.54) is 36.4 Å². The molecule has 0 saturated carbocycles. The number of ether oxygens (including phenoxy) is 2. The Morgan fingerprint density at radius 3 is 1.50 bits per heavy atom. The molecule has 13 heteroatoms. The van der Waals surface area contributed by atoms with E-state index in [1.54, 1.807) is 0 Å². The molecule has 4 aromatic rings. The first-order valence-electron chi connectivity index (χ1n) is 11.9. The van der Waals surface area contributed by atoms with Crippen molar-refractivity contribution in [3.8, 4) is 11.5 Å². The summed E-state index contributed by atoms with van der Waals surface area (Å²) < 4.78 is 22.3. The molecule has 0 atom stereocenters. The molecule has 42 heavy (non-hydrogen) atoms. The Balaban J connectivity index is 0.00000308. The standard InChI is InChI=1S/C29H24O11.2Na/c1-3-5-18-22(9-7-16-20(31)11-24(28(33)34)39-26(16)18)37-13-15(30)14-38-23-10-8-17-21(32)12-25(29(35)36)40-27(17)19(23)6-4-2;;/h3-4,7-12,15,30H,1-2,5-6,13-14H2,(H,33,34)(H,35,36);;/q;2*+1/p-2. The minimum atomic E-state index is -1.65.